The normalized spacial score (nSPS) is 10.4. The highest BCUT2D eigenvalue weighted by Crippen LogP contribution is 2.32. The summed E-state index contributed by atoms with van der Waals surface area (Å²) in [5.41, 5.74) is 2.45. The Kier molecular flexibility index (Phi) is 3.75. The zero-order valence-corrected chi connectivity index (χ0v) is 12.0. The van der Waals surface area contributed by atoms with Gasteiger partial charge in [0, 0.05) is 4.47 Å². The molecule has 2 aromatic carbocycles. The lowest BCUT2D eigenvalue weighted by Crippen LogP contribution is -1.87. The van der Waals surface area contributed by atoms with Crippen molar-refractivity contribution >= 4 is 27.5 Å². The van der Waals surface area contributed by atoms with Gasteiger partial charge in [0.25, 0.3) is 0 Å². The fourth-order valence-electron chi connectivity index (χ4n) is 1.46. The van der Waals surface area contributed by atoms with Gasteiger partial charge in [0.15, 0.2) is 0 Å². The van der Waals surface area contributed by atoms with Gasteiger partial charge in [-0.3, -0.25) is 0 Å². The van der Waals surface area contributed by atoms with Crippen molar-refractivity contribution in [2.75, 3.05) is 0 Å². The van der Waals surface area contributed by atoms with Crippen molar-refractivity contribution in [2.45, 2.75) is 13.8 Å². The summed E-state index contributed by atoms with van der Waals surface area (Å²) in [6, 6.07) is 11.6. The molecule has 0 aliphatic rings. The van der Waals surface area contributed by atoms with Gasteiger partial charge in [-0.1, -0.05) is 33.6 Å². The van der Waals surface area contributed by atoms with Crippen LogP contribution in [0.1, 0.15) is 11.1 Å². The van der Waals surface area contributed by atoms with Crippen LogP contribution in [0.2, 0.25) is 5.02 Å². The van der Waals surface area contributed by atoms with Crippen LogP contribution in [0.15, 0.2) is 40.9 Å². The molecule has 0 saturated carbocycles. The van der Waals surface area contributed by atoms with Gasteiger partial charge in [0.05, 0.1) is 5.02 Å². The summed E-state index contributed by atoms with van der Waals surface area (Å²) in [5, 5.41) is 0.595. The van der Waals surface area contributed by atoms with Gasteiger partial charge in [0.2, 0.25) is 0 Å². The molecule has 0 aliphatic heterocycles. The minimum atomic E-state index is 0.595. The minimum Gasteiger partial charge on any atom is -0.456 e. The van der Waals surface area contributed by atoms with Gasteiger partial charge in [-0.15, -0.1) is 0 Å². The first-order valence-corrected chi connectivity index (χ1v) is 6.43. The lowest BCUT2D eigenvalue weighted by Gasteiger charge is -2.09. The van der Waals surface area contributed by atoms with E-state index in [9.17, 15) is 0 Å². The fourth-order valence-corrected chi connectivity index (χ4v) is 2.17. The number of aryl methyl sites for hydroxylation is 2. The van der Waals surface area contributed by atoms with Gasteiger partial charge in [-0.05, 0) is 55.3 Å². The number of benzene rings is 2. The summed E-state index contributed by atoms with van der Waals surface area (Å²) in [7, 11) is 0. The lowest BCUT2D eigenvalue weighted by molar-refractivity contribution is 0.482. The maximum Gasteiger partial charge on any atom is 0.146 e. The third-order valence-corrected chi connectivity index (χ3v) is 3.39. The van der Waals surface area contributed by atoms with Crippen LogP contribution in [0.4, 0.5) is 0 Å². The number of ether oxygens (including phenoxy) is 1. The largest absolute Gasteiger partial charge is 0.456 e. The van der Waals surface area contributed by atoms with Crippen LogP contribution < -0.4 is 4.74 Å². The Hall–Kier alpha value is -0.990. The second kappa shape index (κ2) is 5.11. The highest BCUT2D eigenvalue weighted by Gasteiger charge is 2.04. The molecule has 0 bridgehead atoms. The molecule has 0 saturated heterocycles. The molecule has 0 amide bonds. The summed E-state index contributed by atoms with van der Waals surface area (Å²) >= 11 is 9.46. The van der Waals surface area contributed by atoms with Crippen molar-refractivity contribution in [3.8, 4) is 11.5 Å². The molecule has 0 spiro atoms. The summed E-state index contributed by atoms with van der Waals surface area (Å²) in [4.78, 5) is 0. The molecule has 0 radical (unpaired) electrons. The molecule has 2 rings (SSSR count). The summed E-state index contributed by atoms with van der Waals surface area (Å²) < 4.78 is 6.69. The smallest absolute Gasteiger partial charge is 0.146 e. The van der Waals surface area contributed by atoms with E-state index >= 15 is 0 Å². The quantitative estimate of drug-likeness (QED) is 0.710. The highest BCUT2D eigenvalue weighted by molar-refractivity contribution is 9.10. The Morgan fingerprint density at radius 1 is 1.00 bits per heavy atom. The number of rotatable bonds is 2. The van der Waals surface area contributed by atoms with Crippen LogP contribution in [0, 0.1) is 13.8 Å². The first-order chi connectivity index (χ1) is 8.06. The standard InChI is InChI=1S/C14H12BrClO/c1-9-3-5-12(7-10(9)2)17-14-6-4-11(15)8-13(14)16/h3-8H,1-2H3. The van der Waals surface area contributed by atoms with Crippen LogP contribution in [-0.4, -0.2) is 0 Å². The summed E-state index contributed by atoms with van der Waals surface area (Å²) in [6.45, 7) is 4.14. The van der Waals surface area contributed by atoms with E-state index in [-0.39, 0.29) is 0 Å². The van der Waals surface area contributed by atoms with Crippen molar-refractivity contribution < 1.29 is 4.74 Å². The van der Waals surface area contributed by atoms with E-state index in [0.29, 0.717) is 10.8 Å². The molecule has 2 aromatic rings. The molecule has 0 heterocycles. The molecule has 17 heavy (non-hydrogen) atoms. The van der Waals surface area contributed by atoms with Gasteiger partial charge < -0.3 is 4.74 Å². The van der Waals surface area contributed by atoms with E-state index < -0.39 is 0 Å². The molecule has 0 aromatic heterocycles. The molecule has 0 atom stereocenters. The van der Waals surface area contributed by atoms with Crippen LogP contribution in [0.3, 0.4) is 0 Å². The summed E-state index contributed by atoms with van der Waals surface area (Å²) in [6.07, 6.45) is 0. The lowest BCUT2D eigenvalue weighted by atomic mass is 10.1. The zero-order valence-electron chi connectivity index (χ0n) is 9.63. The Labute approximate surface area is 115 Å². The second-order valence-electron chi connectivity index (χ2n) is 3.92. The van der Waals surface area contributed by atoms with Gasteiger partial charge >= 0.3 is 0 Å². The molecule has 0 fully saturated rings. The molecule has 0 unspecified atom stereocenters. The number of halogens is 2. The van der Waals surface area contributed by atoms with E-state index in [4.69, 9.17) is 16.3 Å². The predicted octanol–water partition coefficient (Wildman–Crippen LogP) is 5.51. The Morgan fingerprint density at radius 2 is 1.76 bits per heavy atom. The predicted molar refractivity (Wildman–Crippen MR) is 75.1 cm³/mol. The first kappa shape index (κ1) is 12.5. The van der Waals surface area contributed by atoms with Gasteiger partial charge in [-0.2, -0.15) is 0 Å². The molecule has 0 aliphatic carbocycles. The third-order valence-electron chi connectivity index (χ3n) is 2.60. The van der Waals surface area contributed by atoms with Crippen molar-refractivity contribution in [3.63, 3.8) is 0 Å². The SMILES string of the molecule is Cc1ccc(Oc2ccc(Br)cc2Cl)cc1C. The monoisotopic (exact) mass is 310 g/mol. The highest BCUT2D eigenvalue weighted by atomic mass is 79.9. The number of hydrogen-bond acceptors (Lipinski definition) is 1. The van der Waals surface area contributed by atoms with E-state index in [1.165, 1.54) is 11.1 Å². The van der Waals surface area contributed by atoms with Crippen LogP contribution in [-0.2, 0) is 0 Å². The molecule has 1 nitrogen and oxygen atoms in total. The zero-order chi connectivity index (χ0) is 12.4. The Balaban J connectivity index is 2.28. The van der Waals surface area contributed by atoms with Gasteiger partial charge in [0.1, 0.15) is 11.5 Å². The average molecular weight is 312 g/mol. The van der Waals surface area contributed by atoms with Crippen LogP contribution >= 0.6 is 27.5 Å². The first-order valence-electron chi connectivity index (χ1n) is 5.26. The van der Waals surface area contributed by atoms with Crippen molar-refractivity contribution in [2.24, 2.45) is 0 Å². The minimum absolute atomic E-state index is 0.595. The van der Waals surface area contributed by atoms with Crippen LogP contribution in [0.25, 0.3) is 0 Å². The average Bonchev–Trinajstić information content (AvgIpc) is 2.27. The van der Waals surface area contributed by atoms with E-state index in [1.807, 2.05) is 36.4 Å². The molecule has 3 heteroatoms. The topological polar surface area (TPSA) is 9.23 Å². The Morgan fingerprint density at radius 3 is 2.41 bits per heavy atom. The van der Waals surface area contributed by atoms with E-state index in [1.54, 1.807) is 0 Å². The fraction of sp³-hybridized carbons (Fsp3) is 0.143. The Bertz CT molecular complexity index is 552. The summed E-state index contributed by atoms with van der Waals surface area (Å²) in [5.74, 6) is 1.47. The number of hydrogen-bond donors (Lipinski definition) is 0. The van der Waals surface area contributed by atoms with Crippen molar-refractivity contribution in [1.29, 1.82) is 0 Å². The molecular weight excluding hydrogens is 300 g/mol. The van der Waals surface area contributed by atoms with E-state index in [0.717, 1.165) is 10.2 Å². The second-order valence-corrected chi connectivity index (χ2v) is 5.25. The van der Waals surface area contributed by atoms with Crippen LogP contribution in [0.5, 0.6) is 11.5 Å². The molecule has 88 valence electrons. The molecule has 0 N–H and O–H groups in total. The van der Waals surface area contributed by atoms with Gasteiger partial charge in [-0.25, -0.2) is 0 Å². The maximum atomic E-state index is 6.10. The van der Waals surface area contributed by atoms with Crippen molar-refractivity contribution in [3.05, 3.63) is 57.0 Å². The van der Waals surface area contributed by atoms with Crippen molar-refractivity contribution in [1.82, 2.24) is 0 Å². The van der Waals surface area contributed by atoms with E-state index in [2.05, 4.69) is 29.8 Å². The third kappa shape index (κ3) is 3.02. The maximum absolute atomic E-state index is 6.10. The molecular formula is C14H12BrClO.